The van der Waals surface area contributed by atoms with Crippen LogP contribution < -0.4 is 0 Å². The summed E-state index contributed by atoms with van der Waals surface area (Å²) in [6, 6.07) is 26.8. The first kappa shape index (κ1) is 29.9. The minimum absolute atomic E-state index is 0. The monoisotopic (exact) mass is 768 g/mol. The van der Waals surface area contributed by atoms with E-state index >= 15 is 0 Å². The SMILES string of the molecule is Cc1cc(C)cc(-c2ccccc2-c2c[c-]c(-c3ccc(-c4nc(C(C)C)nc(C(C)C)n4)cn3)cc2Br)c1.[Ir]. The molecule has 2 aromatic heterocycles. The smallest absolute Gasteiger partial charge is 0.164 e. The van der Waals surface area contributed by atoms with E-state index in [1.165, 1.54) is 22.3 Å². The van der Waals surface area contributed by atoms with Crippen molar-refractivity contribution >= 4 is 15.9 Å². The summed E-state index contributed by atoms with van der Waals surface area (Å²) in [5.41, 5.74) is 9.83. The molecule has 0 aliphatic heterocycles. The summed E-state index contributed by atoms with van der Waals surface area (Å²) in [5, 5.41) is 0. The van der Waals surface area contributed by atoms with Crippen molar-refractivity contribution in [2.24, 2.45) is 0 Å². The van der Waals surface area contributed by atoms with Crippen LogP contribution in [0.3, 0.4) is 0 Å². The van der Waals surface area contributed by atoms with E-state index in [-0.39, 0.29) is 31.9 Å². The molecule has 40 heavy (non-hydrogen) atoms. The van der Waals surface area contributed by atoms with Gasteiger partial charge in [-0.2, -0.15) is 0 Å². The van der Waals surface area contributed by atoms with Crippen LogP contribution in [0.2, 0.25) is 0 Å². The van der Waals surface area contributed by atoms with Crippen molar-refractivity contribution in [2.45, 2.75) is 53.4 Å². The normalized spacial score (nSPS) is 11.1. The van der Waals surface area contributed by atoms with E-state index in [1.807, 2.05) is 24.4 Å². The Hall–Kier alpha value is -3.05. The van der Waals surface area contributed by atoms with Gasteiger partial charge in [0.25, 0.3) is 0 Å². The van der Waals surface area contributed by atoms with Crippen molar-refractivity contribution in [3.05, 3.63) is 106 Å². The van der Waals surface area contributed by atoms with Crippen LogP contribution in [0.5, 0.6) is 0 Å². The van der Waals surface area contributed by atoms with Crippen LogP contribution in [-0.2, 0) is 20.1 Å². The molecule has 0 amide bonds. The maximum Gasteiger partial charge on any atom is 0.164 e. The minimum atomic E-state index is 0. The molecular weight excluding hydrogens is 737 g/mol. The van der Waals surface area contributed by atoms with Gasteiger partial charge in [0.1, 0.15) is 11.6 Å². The summed E-state index contributed by atoms with van der Waals surface area (Å²) in [6.07, 6.45) is 1.84. The van der Waals surface area contributed by atoms with Crippen LogP contribution in [0.1, 0.15) is 62.3 Å². The molecule has 0 fully saturated rings. The number of aromatic nitrogens is 4. The fraction of sp³-hybridized carbons (Fsp3) is 0.235. The van der Waals surface area contributed by atoms with Gasteiger partial charge in [-0.3, -0.25) is 0 Å². The number of hydrogen-bond acceptors (Lipinski definition) is 4. The summed E-state index contributed by atoms with van der Waals surface area (Å²) >= 11 is 3.84. The fourth-order valence-electron chi connectivity index (χ4n) is 4.66. The standard InChI is InChI=1S/C34H32BrN4.Ir/c1-20(2)32-37-33(21(3)4)39-34(38-32)25-12-14-31(36-19-25)24-11-13-29(30(35)18-24)28-10-8-7-9-27(28)26-16-22(5)15-23(6)17-26;/h7-10,12-21H,1-6H3;/q-1;. The van der Waals surface area contributed by atoms with Crippen molar-refractivity contribution in [3.8, 4) is 44.9 Å². The maximum absolute atomic E-state index is 4.75. The molecule has 3 aromatic carbocycles. The Morgan fingerprint density at radius 3 is 1.88 bits per heavy atom. The van der Waals surface area contributed by atoms with E-state index in [9.17, 15) is 0 Å². The van der Waals surface area contributed by atoms with Gasteiger partial charge in [-0.25, -0.2) is 15.0 Å². The van der Waals surface area contributed by atoms with Gasteiger partial charge in [0.05, 0.1) is 0 Å². The van der Waals surface area contributed by atoms with Crippen LogP contribution in [0, 0.1) is 19.9 Å². The van der Waals surface area contributed by atoms with Gasteiger partial charge in [-0.1, -0.05) is 125 Å². The summed E-state index contributed by atoms with van der Waals surface area (Å²) in [4.78, 5) is 18.8. The van der Waals surface area contributed by atoms with Crippen LogP contribution >= 0.6 is 15.9 Å². The molecule has 0 saturated heterocycles. The van der Waals surface area contributed by atoms with Crippen LogP contribution in [-0.4, -0.2) is 19.9 Å². The summed E-state index contributed by atoms with van der Waals surface area (Å²) in [7, 11) is 0. The van der Waals surface area contributed by atoms with E-state index in [2.05, 4.69) is 117 Å². The molecule has 0 aliphatic rings. The molecule has 5 aromatic rings. The summed E-state index contributed by atoms with van der Waals surface area (Å²) in [6.45, 7) is 12.7. The second kappa shape index (κ2) is 12.6. The van der Waals surface area contributed by atoms with E-state index in [0.29, 0.717) is 5.82 Å². The fourth-order valence-corrected chi connectivity index (χ4v) is 5.22. The van der Waals surface area contributed by atoms with E-state index in [0.717, 1.165) is 44.1 Å². The molecule has 0 aliphatic carbocycles. The maximum atomic E-state index is 4.75. The number of halogens is 1. The average molecular weight is 769 g/mol. The van der Waals surface area contributed by atoms with Gasteiger partial charge in [0, 0.05) is 43.7 Å². The largest absolute Gasteiger partial charge is 0.304 e. The van der Waals surface area contributed by atoms with Crippen LogP contribution in [0.15, 0.2) is 77.4 Å². The third-order valence-corrected chi connectivity index (χ3v) is 7.31. The Morgan fingerprint density at radius 2 is 1.32 bits per heavy atom. The van der Waals surface area contributed by atoms with Crippen molar-refractivity contribution in [3.63, 3.8) is 0 Å². The molecule has 2 heterocycles. The predicted molar refractivity (Wildman–Crippen MR) is 164 cm³/mol. The minimum Gasteiger partial charge on any atom is -0.304 e. The second-order valence-electron chi connectivity index (χ2n) is 10.6. The number of pyridine rings is 1. The Kier molecular flexibility index (Phi) is 9.45. The van der Waals surface area contributed by atoms with Crippen molar-refractivity contribution < 1.29 is 20.1 Å². The molecule has 205 valence electrons. The van der Waals surface area contributed by atoms with Crippen LogP contribution in [0.4, 0.5) is 0 Å². The summed E-state index contributed by atoms with van der Waals surface area (Å²) in [5.74, 6) is 2.73. The first-order valence-electron chi connectivity index (χ1n) is 13.3. The van der Waals surface area contributed by atoms with E-state index < -0.39 is 0 Å². The zero-order valence-corrected chi connectivity index (χ0v) is 27.6. The Bertz CT molecular complexity index is 1600. The molecule has 0 bridgehead atoms. The van der Waals surface area contributed by atoms with Gasteiger partial charge in [-0.05, 0) is 30.7 Å². The molecule has 1 radical (unpaired) electrons. The topological polar surface area (TPSA) is 51.6 Å². The molecule has 0 N–H and O–H groups in total. The Morgan fingerprint density at radius 1 is 0.700 bits per heavy atom. The molecule has 4 nitrogen and oxygen atoms in total. The average Bonchev–Trinajstić information content (AvgIpc) is 2.92. The quantitative estimate of drug-likeness (QED) is 0.162. The van der Waals surface area contributed by atoms with Gasteiger partial charge in [0.15, 0.2) is 5.82 Å². The number of hydrogen-bond donors (Lipinski definition) is 0. The van der Waals surface area contributed by atoms with Crippen molar-refractivity contribution in [1.29, 1.82) is 0 Å². The van der Waals surface area contributed by atoms with Crippen molar-refractivity contribution in [1.82, 2.24) is 19.9 Å². The van der Waals surface area contributed by atoms with Crippen molar-refractivity contribution in [2.75, 3.05) is 0 Å². The number of benzene rings is 3. The van der Waals surface area contributed by atoms with Gasteiger partial charge < -0.3 is 4.98 Å². The molecule has 0 unspecified atom stereocenters. The van der Waals surface area contributed by atoms with E-state index in [4.69, 9.17) is 15.0 Å². The first-order chi connectivity index (χ1) is 18.7. The molecule has 0 saturated carbocycles. The molecule has 6 heteroatoms. The number of rotatable bonds is 6. The summed E-state index contributed by atoms with van der Waals surface area (Å²) < 4.78 is 1.000. The predicted octanol–water partition coefficient (Wildman–Crippen LogP) is 9.36. The van der Waals surface area contributed by atoms with Gasteiger partial charge >= 0.3 is 0 Å². The first-order valence-corrected chi connectivity index (χ1v) is 14.1. The number of aryl methyl sites for hydroxylation is 2. The zero-order valence-electron chi connectivity index (χ0n) is 23.6. The second-order valence-corrected chi connectivity index (χ2v) is 11.5. The third kappa shape index (κ3) is 6.46. The van der Waals surface area contributed by atoms with E-state index in [1.54, 1.807) is 0 Å². The Balaban J connectivity index is 0.00000370. The third-order valence-electron chi connectivity index (χ3n) is 6.65. The van der Waals surface area contributed by atoms with Gasteiger partial charge in [0.2, 0.25) is 0 Å². The molecule has 5 rings (SSSR count). The molecular formula is C34H32BrIrN4-. The van der Waals surface area contributed by atoms with Gasteiger partial charge in [-0.15, -0.1) is 23.8 Å². The molecule has 0 spiro atoms. The Labute approximate surface area is 259 Å². The zero-order chi connectivity index (χ0) is 27.7. The molecule has 0 atom stereocenters. The number of nitrogens with zero attached hydrogens (tertiary/aromatic N) is 4. The van der Waals surface area contributed by atoms with Crippen LogP contribution in [0.25, 0.3) is 44.9 Å².